The van der Waals surface area contributed by atoms with E-state index in [0.29, 0.717) is 0 Å². The fourth-order valence-electron chi connectivity index (χ4n) is 3.47. The molecule has 23 heavy (non-hydrogen) atoms. The van der Waals surface area contributed by atoms with Gasteiger partial charge in [0.2, 0.25) is 15.9 Å². The van der Waals surface area contributed by atoms with Crippen LogP contribution in [0.4, 0.5) is 0 Å². The van der Waals surface area contributed by atoms with Crippen LogP contribution in [0.1, 0.15) is 50.2 Å². The average molecular weight is 336 g/mol. The van der Waals surface area contributed by atoms with Gasteiger partial charge < -0.3 is 5.32 Å². The maximum Gasteiger partial charge on any atom is 0.241 e. The van der Waals surface area contributed by atoms with E-state index in [4.69, 9.17) is 0 Å². The number of hydrogen-bond acceptors (Lipinski definition) is 3. The Morgan fingerprint density at radius 2 is 1.83 bits per heavy atom. The summed E-state index contributed by atoms with van der Waals surface area (Å²) in [5, 5.41) is 2.93. The first kappa shape index (κ1) is 16.5. The lowest BCUT2D eigenvalue weighted by atomic mass is 10.1. The number of amides is 1. The lowest BCUT2D eigenvalue weighted by molar-refractivity contribution is -0.123. The summed E-state index contributed by atoms with van der Waals surface area (Å²) in [6.45, 7) is 1.59. The molecular formula is C17H24N2O3S. The van der Waals surface area contributed by atoms with Crippen molar-refractivity contribution >= 4 is 15.9 Å². The van der Waals surface area contributed by atoms with Gasteiger partial charge in [0, 0.05) is 6.04 Å². The van der Waals surface area contributed by atoms with E-state index < -0.39 is 16.1 Å². The van der Waals surface area contributed by atoms with Crippen molar-refractivity contribution in [1.29, 1.82) is 0 Å². The van der Waals surface area contributed by atoms with Gasteiger partial charge in [0.05, 0.1) is 10.9 Å². The molecule has 0 spiro atoms. The first-order chi connectivity index (χ1) is 11.0. The van der Waals surface area contributed by atoms with Crippen molar-refractivity contribution in [3.8, 4) is 0 Å². The predicted octanol–water partition coefficient (Wildman–Crippen LogP) is 1.90. The molecular weight excluding hydrogens is 312 g/mol. The van der Waals surface area contributed by atoms with Gasteiger partial charge in [-0.05, 0) is 62.3 Å². The van der Waals surface area contributed by atoms with Gasteiger partial charge >= 0.3 is 0 Å². The first-order valence-electron chi connectivity index (χ1n) is 8.40. The van der Waals surface area contributed by atoms with Gasteiger partial charge in [-0.15, -0.1) is 0 Å². The molecule has 0 radical (unpaired) electrons. The van der Waals surface area contributed by atoms with Crippen molar-refractivity contribution in [2.24, 2.45) is 0 Å². The minimum absolute atomic E-state index is 0.189. The van der Waals surface area contributed by atoms with Gasteiger partial charge in [0.1, 0.15) is 0 Å². The van der Waals surface area contributed by atoms with Crippen LogP contribution in [0.3, 0.4) is 0 Å². The van der Waals surface area contributed by atoms with E-state index in [0.717, 1.165) is 50.5 Å². The van der Waals surface area contributed by atoms with Gasteiger partial charge in [-0.1, -0.05) is 18.9 Å². The monoisotopic (exact) mass is 336 g/mol. The zero-order chi connectivity index (χ0) is 16.4. The Kier molecular flexibility index (Phi) is 4.73. The predicted molar refractivity (Wildman–Crippen MR) is 88.6 cm³/mol. The third-order valence-electron chi connectivity index (χ3n) is 4.81. The Morgan fingerprint density at radius 1 is 1.13 bits per heavy atom. The molecule has 3 rings (SSSR count). The zero-order valence-electron chi connectivity index (χ0n) is 13.5. The molecule has 1 aromatic carbocycles. The Labute approximate surface area is 137 Å². The molecule has 5 nitrogen and oxygen atoms in total. The third kappa shape index (κ3) is 3.75. The summed E-state index contributed by atoms with van der Waals surface area (Å²) in [4.78, 5) is 12.4. The molecule has 0 unspecified atom stereocenters. The van der Waals surface area contributed by atoms with Gasteiger partial charge in [-0.3, -0.25) is 4.79 Å². The second-order valence-corrected chi connectivity index (χ2v) is 8.33. The zero-order valence-corrected chi connectivity index (χ0v) is 14.3. The van der Waals surface area contributed by atoms with Gasteiger partial charge in [-0.25, -0.2) is 8.42 Å². The molecule has 1 aromatic rings. The molecule has 0 aliphatic heterocycles. The lowest BCUT2D eigenvalue weighted by Gasteiger charge is -2.18. The van der Waals surface area contributed by atoms with E-state index in [1.54, 1.807) is 19.1 Å². The van der Waals surface area contributed by atoms with Crippen LogP contribution in [0.2, 0.25) is 0 Å². The van der Waals surface area contributed by atoms with Crippen molar-refractivity contribution in [2.75, 3.05) is 0 Å². The number of nitrogens with one attached hydrogen (secondary N) is 2. The Bertz CT molecular complexity index is 694. The normalized spacial score (nSPS) is 19.5. The van der Waals surface area contributed by atoms with E-state index in [1.165, 1.54) is 5.56 Å². The van der Waals surface area contributed by atoms with Gasteiger partial charge in [-0.2, -0.15) is 4.72 Å². The highest BCUT2D eigenvalue weighted by Crippen LogP contribution is 2.24. The van der Waals surface area contributed by atoms with E-state index in [9.17, 15) is 13.2 Å². The van der Waals surface area contributed by atoms with Crippen LogP contribution in [-0.2, 0) is 27.7 Å². The molecule has 1 amide bonds. The molecule has 1 saturated carbocycles. The van der Waals surface area contributed by atoms with E-state index in [2.05, 4.69) is 10.0 Å². The molecule has 0 bridgehead atoms. The Balaban J connectivity index is 1.66. The van der Waals surface area contributed by atoms with Crippen LogP contribution in [-0.4, -0.2) is 26.4 Å². The Morgan fingerprint density at radius 3 is 2.57 bits per heavy atom. The largest absolute Gasteiger partial charge is 0.352 e. The molecule has 0 saturated heterocycles. The average Bonchev–Trinajstić information content (AvgIpc) is 3.16. The number of hydrogen-bond donors (Lipinski definition) is 2. The first-order valence-corrected chi connectivity index (χ1v) is 9.88. The summed E-state index contributed by atoms with van der Waals surface area (Å²) in [7, 11) is -3.67. The fraction of sp³-hybridized carbons (Fsp3) is 0.588. The summed E-state index contributed by atoms with van der Waals surface area (Å²) in [5.74, 6) is -0.248. The summed E-state index contributed by atoms with van der Waals surface area (Å²) in [5.41, 5.74) is 2.34. The second kappa shape index (κ2) is 6.61. The Hall–Kier alpha value is -1.40. The van der Waals surface area contributed by atoms with E-state index >= 15 is 0 Å². The SMILES string of the molecule is C[C@H](NS(=O)(=O)c1ccc2c(c1)CCC2)C(=O)NC1CCCC1. The maximum absolute atomic E-state index is 12.5. The number of sulfonamides is 1. The molecule has 0 aromatic heterocycles. The second-order valence-electron chi connectivity index (χ2n) is 6.62. The number of fused-ring (bicyclic) bond motifs is 1. The topological polar surface area (TPSA) is 75.3 Å². The quantitative estimate of drug-likeness (QED) is 0.862. The van der Waals surface area contributed by atoms with Crippen molar-refractivity contribution in [3.63, 3.8) is 0 Å². The number of carbonyl (C=O) groups is 1. The van der Waals surface area contributed by atoms with Gasteiger partial charge in [0.15, 0.2) is 0 Å². The van der Waals surface area contributed by atoms with Crippen molar-refractivity contribution in [3.05, 3.63) is 29.3 Å². The number of carbonyl (C=O) groups excluding carboxylic acids is 1. The number of benzene rings is 1. The van der Waals surface area contributed by atoms with Crippen LogP contribution >= 0.6 is 0 Å². The molecule has 1 atom stereocenters. The summed E-state index contributed by atoms with van der Waals surface area (Å²) >= 11 is 0. The van der Waals surface area contributed by atoms with Crippen LogP contribution < -0.4 is 10.0 Å². The minimum atomic E-state index is -3.67. The standard InChI is InChI=1S/C17H24N2O3S/c1-12(17(20)18-15-7-2-3-8-15)19-23(21,22)16-10-9-13-5-4-6-14(13)11-16/h9-12,15,19H,2-8H2,1H3,(H,18,20)/t12-/m0/s1. The van der Waals surface area contributed by atoms with Crippen LogP contribution in [0.15, 0.2) is 23.1 Å². The third-order valence-corrected chi connectivity index (χ3v) is 6.35. The molecule has 2 aliphatic rings. The highest BCUT2D eigenvalue weighted by molar-refractivity contribution is 7.89. The number of rotatable bonds is 5. The van der Waals surface area contributed by atoms with Crippen molar-refractivity contribution < 1.29 is 13.2 Å². The number of aryl methyl sites for hydroxylation is 2. The molecule has 126 valence electrons. The van der Waals surface area contributed by atoms with Crippen LogP contribution in [0, 0.1) is 0 Å². The van der Waals surface area contributed by atoms with Crippen molar-refractivity contribution in [1.82, 2.24) is 10.0 Å². The molecule has 2 N–H and O–H groups in total. The van der Waals surface area contributed by atoms with Crippen LogP contribution in [0.5, 0.6) is 0 Å². The highest BCUT2D eigenvalue weighted by Gasteiger charge is 2.25. The maximum atomic E-state index is 12.5. The van der Waals surface area contributed by atoms with Crippen LogP contribution in [0.25, 0.3) is 0 Å². The molecule has 0 heterocycles. The molecule has 6 heteroatoms. The minimum Gasteiger partial charge on any atom is -0.352 e. The molecule has 2 aliphatic carbocycles. The smallest absolute Gasteiger partial charge is 0.241 e. The van der Waals surface area contributed by atoms with E-state index in [1.807, 2.05) is 6.07 Å². The summed E-state index contributed by atoms with van der Waals surface area (Å²) in [6.07, 6.45) is 7.23. The van der Waals surface area contributed by atoms with Crippen molar-refractivity contribution in [2.45, 2.75) is 68.8 Å². The van der Waals surface area contributed by atoms with E-state index in [-0.39, 0.29) is 16.8 Å². The lowest BCUT2D eigenvalue weighted by Crippen LogP contribution is -2.47. The summed E-state index contributed by atoms with van der Waals surface area (Å²) < 4.78 is 27.5. The van der Waals surface area contributed by atoms with Gasteiger partial charge in [0.25, 0.3) is 0 Å². The highest BCUT2D eigenvalue weighted by atomic mass is 32.2. The molecule has 1 fully saturated rings. The fourth-order valence-corrected chi connectivity index (χ4v) is 4.72. The summed E-state index contributed by atoms with van der Waals surface area (Å²) in [6, 6.07) is 4.68.